The third-order valence-electron chi connectivity index (χ3n) is 2.75. The van der Waals surface area contributed by atoms with Gasteiger partial charge in [-0.2, -0.15) is 0 Å². The van der Waals surface area contributed by atoms with E-state index >= 15 is 0 Å². The molecule has 4 nitrogen and oxygen atoms in total. The van der Waals surface area contributed by atoms with Crippen molar-refractivity contribution in [2.45, 2.75) is 6.42 Å². The Bertz CT molecular complexity index is 465. The van der Waals surface area contributed by atoms with E-state index in [1.54, 1.807) is 0 Å². The van der Waals surface area contributed by atoms with E-state index in [9.17, 15) is 4.57 Å². The summed E-state index contributed by atoms with van der Waals surface area (Å²) in [6.45, 7) is 1.07. The van der Waals surface area contributed by atoms with Gasteiger partial charge in [0.1, 0.15) is 0 Å². The van der Waals surface area contributed by atoms with Gasteiger partial charge in [0.05, 0.1) is 6.61 Å². The highest BCUT2D eigenvalue weighted by Gasteiger charge is 2.25. The molecule has 7 heteroatoms. The summed E-state index contributed by atoms with van der Waals surface area (Å²) in [6, 6.07) is 9.93. The number of halogens is 2. The molecule has 1 rings (SSSR count). The zero-order chi connectivity index (χ0) is 15.6. The van der Waals surface area contributed by atoms with Gasteiger partial charge in [-0.15, -0.1) is 23.2 Å². The third-order valence-corrected chi connectivity index (χ3v) is 4.83. The van der Waals surface area contributed by atoms with Crippen LogP contribution in [0.1, 0.15) is 12.0 Å². The molecule has 0 aliphatic rings. The predicted octanol–water partition coefficient (Wildman–Crippen LogP) is 3.95. The smallest absolute Gasteiger partial charge is 0.306 e. The summed E-state index contributed by atoms with van der Waals surface area (Å²) in [4.78, 5) is 0. The fourth-order valence-electron chi connectivity index (χ4n) is 1.70. The Balaban J connectivity index is 2.39. The van der Waals surface area contributed by atoms with Crippen LogP contribution in [0.4, 0.5) is 0 Å². The van der Waals surface area contributed by atoms with Crippen LogP contribution in [0, 0.1) is 0 Å². The van der Waals surface area contributed by atoms with Crippen molar-refractivity contribution in [2.75, 3.05) is 31.5 Å². The Labute approximate surface area is 136 Å². The second-order valence-electron chi connectivity index (χ2n) is 4.33. The van der Waals surface area contributed by atoms with Crippen molar-refractivity contribution in [3.8, 4) is 0 Å². The molecule has 1 atom stereocenters. The number of nitrogens with two attached hydrogens (primary N) is 1. The molecular formula is C14H21Cl2N2O2P. The minimum Gasteiger partial charge on any atom is -0.306 e. The van der Waals surface area contributed by atoms with Crippen LogP contribution in [0.3, 0.4) is 0 Å². The summed E-state index contributed by atoms with van der Waals surface area (Å²) in [6.07, 6.45) is 4.58. The number of rotatable bonds is 10. The highest BCUT2D eigenvalue weighted by molar-refractivity contribution is 7.53. The van der Waals surface area contributed by atoms with Gasteiger partial charge >= 0.3 is 7.67 Å². The number of nitrogens with zero attached hydrogens (tertiary/aromatic N) is 1. The Morgan fingerprint density at radius 1 is 1.19 bits per heavy atom. The molecule has 0 aliphatic heterocycles. The zero-order valence-electron chi connectivity index (χ0n) is 11.8. The molecule has 118 valence electrons. The van der Waals surface area contributed by atoms with Crippen LogP contribution in [-0.4, -0.2) is 36.1 Å². The van der Waals surface area contributed by atoms with Gasteiger partial charge in [0.2, 0.25) is 0 Å². The largest absolute Gasteiger partial charge is 0.340 e. The SMILES string of the molecule is N[P@@](=O)(OCC/C=C/c1ccccc1)N(CCCl)CCCl. The second-order valence-corrected chi connectivity index (χ2v) is 7.04. The molecule has 0 aliphatic carbocycles. The monoisotopic (exact) mass is 350 g/mol. The maximum Gasteiger partial charge on any atom is 0.340 e. The molecule has 0 aromatic heterocycles. The fraction of sp³-hybridized carbons (Fsp3) is 0.429. The summed E-state index contributed by atoms with van der Waals surface area (Å²) in [5.41, 5.74) is 6.85. The van der Waals surface area contributed by atoms with Crippen LogP contribution in [0.5, 0.6) is 0 Å². The molecule has 0 unspecified atom stereocenters. The summed E-state index contributed by atoms with van der Waals surface area (Å²) in [7, 11) is -3.32. The lowest BCUT2D eigenvalue weighted by Gasteiger charge is -2.26. The summed E-state index contributed by atoms with van der Waals surface area (Å²) < 4.78 is 19.1. The molecule has 21 heavy (non-hydrogen) atoms. The molecule has 0 bridgehead atoms. The zero-order valence-corrected chi connectivity index (χ0v) is 14.2. The first-order valence-electron chi connectivity index (χ1n) is 6.72. The highest BCUT2D eigenvalue weighted by Crippen LogP contribution is 2.42. The average Bonchev–Trinajstić information content (AvgIpc) is 2.47. The van der Waals surface area contributed by atoms with E-state index < -0.39 is 7.67 Å². The molecule has 0 fully saturated rings. The van der Waals surface area contributed by atoms with E-state index in [0.29, 0.717) is 31.3 Å². The highest BCUT2D eigenvalue weighted by atomic mass is 35.5. The van der Waals surface area contributed by atoms with Gasteiger partial charge in [0, 0.05) is 24.8 Å². The number of hydrogen-bond donors (Lipinski definition) is 1. The molecule has 0 saturated carbocycles. The topological polar surface area (TPSA) is 55.6 Å². The Kier molecular flexibility index (Phi) is 9.25. The third kappa shape index (κ3) is 7.46. The predicted molar refractivity (Wildman–Crippen MR) is 90.9 cm³/mol. The van der Waals surface area contributed by atoms with Crippen LogP contribution in [0.15, 0.2) is 36.4 Å². The summed E-state index contributed by atoms with van der Waals surface area (Å²) in [5.74, 6) is 0.657. The van der Waals surface area contributed by atoms with Crippen LogP contribution in [0.2, 0.25) is 0 Å². The second kappa shape index (κ2) is 10.4. The Hall–Kier alpha value is -0.350. The Morgan fingerprint density at radius 3 is 2.38 bits per heavy atom. The van der Waals surface area contributed by atoms with Gasteiger partial charge < -0.3 is 4.52 Å². The van der Waals surface area contributed by atoms with Crippen LogP contribution < -0.4 is 5.50 Å². The van der Waals surface area contributed by atoms with Gasteiger partial charge in [-0.05, 0) is 12.0 Å². The minimum absolute atomic E-state index is 0.290. The van der Waals surface area contributed by atoms with Gasteiger partial charge in [0.25, 0.3) is 0 Å². The van der Waals surface area contributed by atoms with E-state index in [1.165, 1.54) is 4.67 Å². The maximum absolute atomic E-state index is 12.3. The van der Waals surface area contributed by atoms with Crippen molar-refractivity contribution >= 4 is 36.9 Å². The molecule has 0 saturated heterocycles. The first-order chi connectivity index (χ1) is 10.1. The molecule has 1 aromatic carbocycles. The first kappa shape index (κ1) is 18.7. The summed E-state index contributed by atoms with van der Waals surface area (Å²) >= 11 is 11.3. The van der Waals surface area contributed by atoms with Crippen molar-refractivity contribution in [1.29, 1.82) is 0 Å². The van der Waals surface area contributed by atoms with Gasteiger partial charge in [-0.1, -0.05) is 42.5 Å². The number of benzene rings is 1. The normalized spacial score (nSPS) is 14.7. The van der Waals surface area contributed by atoms with E-state index in [0.717, 1.165) is 5.56 Å². The average molecular weight is 351 g/mol. The van der Waals surface area contributed by atoms with Crippen molar-refractivity contribution in [1.82, 2.24) is 4.67 Å². The lowest BCUT2D eigenvalue weighted by atomic mass is 10.2. The van der Waals surface area contributed by atoms with Gasteiger partial charge in [-0.25, -0.2) is 10.2 Å². The van der Waals surface area contributed by atoms with Crippen LogP contribution in [0.25, 0.3) is 6.08 Å². The van der Waals surface area contributed by atoms with Crippen molar-refractivity contribution < 1.29 is 9.09 Å². The summed E-state index contributed by atoms with van der Waals surface area (Å²) in [5, 5.41) is 0. The lowest BCUT2D eigenvalue weighted by Crippen LogP contribution is -2.29. The molecule has 0 amide bonds. The fourth-order valence-corrected chi connectivity index (χ4v) is 3.63. The molecule has 0 heterocycles. The maximum atomic E-state index is 12.3. The van der Waals surface area contributed by atoms with Crippen LogP contribution in [-0.2, 0) is 9.09 Å². The lowest BCUT2D eigenvalue weighted by molar-refractivity contribution is 0.270. The Morgan fingerprint density at radius 2 is 1.81 bits per heavy atom. The van der Waals surface area contributed by atoms with Crippen molar-refractivity contribution in [2.24, 2.45) is 5.50 Å². The standard InChI is InChI=1S/C14H21Cl2N2O2P/c15-9-11-18(12-10-16)21(17,19)20-13-5-4-8-14-6-2-1-3-7-14/h1-4,6-8H,5,9-13H2,(H2,17,19)/b8-4+/t21-/m1/s1. The molecule has 2 N–H and O–H groups in total. The van der Waals surface area contributed by atoms with E-state index in [4.69, 9.17) is 33.2 Å². The minimum atomic E-state index is -3.32. The molecule has 1 aromatic rings. The molecule has 0 spiro atoms. The van der Waals surface area contributed by atoms with E-state index in [1.807, 2.05) is 42.5 Å². The number of hydrogen-bond acceptors (Lipinski definition) is 2. The van der Waals surface area contributed by atoms with E-state index in [-0.39, 0.29) is 6.61 Å². The van der Waals surface area contributed by atoms with Crippen LogP contribution >= 0.6 is 30.9 Å². The van der Waals surface area contributed by atoms with Gasteiger partial charge in [0.15, 0.2) is 0 Å². The number of alkyl halides is 2. The van der Waals surface area contributed by atoms with Crippen molar-refractivity contribution in [3.63, 3.8) is 0 Å². The first-order valence-corrected chi connectivity index (χ1v) is 9.44. The van der Waals surface area contributed by atoms with E-state index in [2.05, 4.69) is 0 Å². The van der Waals surface area contributed by atoms with Gasteiger partial charge in [-0.3, -0.25) is 4.57 Å². The quantitative estimate of drug-likeness (QED) is 0.394. The van der Waals surface area contributed by atoms with Crippen molar-refractivity contribution in [3.05, 3.63) is 42.0 Å². The molecular weight excluding hydrogens is 330 g/mol. The molecule has 0 radical (unpaired) electrons.